The molecule has 21 heavy (non-hydrogen) atoms. The van der Waals surface area contributed by atoms with Crippen LogP contribution in [0.5, 0.6) is 0 Å². The maximum Gasteiger partial charge on any atom is 0.227 e. The standard InChI is InChI=1S/C19H27NO/c1-13(2)16-11-8-12-17(14(3)4)18(16)20-19(21)15-9-6-5-7-10-15/h5-6,8,11-15H,7,9-10H2,1-4H3,(H,20,21). The summed E-state index contributed by atoms with van der Waals surface area (Å²) in [6.45, 7) is 8.72. The minimum Gasteiger partial charge on any atom is -0.325 e. The van der Waals surface area contributed by atoms with Gasteiger partial charge in [-0.25, -0.2) is 0 Å². The van der Waals surface area contributed by atoms with E-state index in [2.05, 4.69) is 63.4 Å². The molecule has 1 amide bonds. The number of carbonyl (C=O) groups excluding carboxylic acids is 1. The van der Waals surface area contributed by atoms with E-state index in [-0.39, 0.29) is 11.8 Å². The van der Waals surface area contributed by atoms with Crippen molar-refractivity contribution in [2.75, 3.05) is 5.32 Å². The van der Waals surface area contributed by atoms with Crippen molar-refractivity contribution in [3.63, 3.8) is 0 Å². The molecule has 0 bridgehead atoms. The Hall–Kier alpha value is -1.57. The van der Waals surface area contributed by atoms with Gasteiger partial charge in [-0.05, 0) is 42.2 Å². The van der Waals surface area contributed by atoms with Gasteiger partial charge < -0.3 is 5.32 Å². The second-order valence-electron chi connectivity index (χ2n) is 6.59. The third-order valence-corrected chi connectivity index (χ3v) is 4.26. The average Bonchev–Trinajstić information content (AvgIpc) is 2.47. The maximum absolute atomic E-state index is 12.6. The van der Waals surface area contributed by atoms with E-state index in [0.717, 1.165) is 24.9 Å². The third kappa shape index (κ3) is 3.75. The zero-order chi connectivity index (χ0) is 15.4. The van der Waals surface area contributed by atoms with Crippen LogP contribution in [0.4, 0.5) is 5.69 Å². The molecule has 1 aliphatic rings. The Kier molecular flexibility index (Phi) is 5.22. The summed E-state index contributed by atoms with van der Waals surface area (Å²) in [7, 11) is 0. The molecule has 1 aliphatic carbocycles. The van der Waals surface area contributed by atoms with Crippen molar-refractivity contribution in [1.29, 1.82) is 0 Å². The van der Waals surface area contributed by atoms with Crippen LogP contribution in [-0.2, 0) is 4.79 Å². The fraction of sp³-hybridized carbons (Fsp3) is 0.526. The van der Waals surface area contributed by atoms with Crippen LogP contribution >= 0.6 is 0 Å². The zero-order valence-corrected chi connectivity index (χ0v) is 13.6. The molecule has 1 aromatic carbocycles. The van der Waals surface area contributed by atoms with E-state index < -0.39 is 0 Å². The van der Waals surface area contributed by atoms with Crippen LogP contribution in [0.1, 0.15) is 69.9 Å². The SMILES string of the molecule is CC(C)c1cccc(C(C)C)c1NC(=O)C1CC=CCC1. The van der Waals surface area contributed by atoms with E-state index in [0.29, 0.717) is 11.8 Å². The normalized spacial score (nSPS) is 18.3. The lowest BCUT2D eigenvalue weighted by Crippen LogP contribution is -2.25. The highest BCUT2D eigenvalue weighted by molar-refractivity contribution is 5.94. The Morgan fingerprint density at radius 2 is 1.71 bits per heavy atom. The zero-order valence-electron chi connectivity index (χ0n) is 13.6. The summed E-state index contributed by atoms with van der Waals surface area (Å²) >= 11 is 0. The number of carbonyl (C=O) groups is 1. The van der Waals surface area contributed by atoms with Crippen LogP contribution in [0.15, 0.2) is 30.4 Å². The van der Waals surface area contributed by atoms with E-state index in [9.17, 15) is 4.79 Å². The molecule has 1 aromatic rings. The number of anilines is 1. The van der Waals surface area contributed by atoms with Gasteiger partial charge in [0.05, 0.1) is 0 Å². The maximum atomic E-state index is 12.6. The number of allylic oxidation sites excluding steroid dienone is 2. The number of benzene rings is 1. The molecule has 2 rings (SSSR count). The van der Waals surface area contributed by atoms with Gasteiger partial charge in [0.15, 0.2) is 0 Å². The molecular weight excluding hydrogens is 258 g/mol. The molecule has 0 saturated carbocycles. The van der Waals surface area contributed by atoms with Gasteiger partial charge in [-0.2, -0.15) is 0 Å². The topological polar surface area (TPSA) is 29.1 Å². The molecule has 2 nitrogen and oxygen atoms in total. The number of hydrogen-bond acceptors (Lipinski definition) is 1. The monoisotopic (exact) mass is 285 g/mol. The molecule has 0 radical (unpaired) electrons. The number of amides is 1. The Morgan fingerprint density at radius 1 is 1.10 bits per heavy atom. The lowest BCUT2D eigenvalue weighted by Gasteiger charge is -2.23. The van der Waals surface area contributed by atoms with Crippen molar-refractivity contribution in [1.82, 2.24) is 0 Å². The van der Waals surface area contributed by atoms with Gasteiger partial charge in [0, 0.05) is 11.6 Å². The molecule has 2 heteroatoms. The molecule has 1 N–H and O–H groups in total. The minimum absolute atomic E-state index is 0.121. The van der Waals surface area contributed by atoms with Crippen molar-refractivity contribution in [3.8, 4) is 0 Å². The van der Waals surface area contributed by atoms with Crippen LogP contribution in [-0.4, -0.2) is 5.91 Å². The second kappa shape index (κ2) is 6.93. The molecule has 0 fully saturated rings. The lowest BCUT2D eigenvalue weighted by atomic mass is 9.90. The smallest absolute Gasteiger partial charge is 0.227 e. The van der Waals surface area contributed by atoms with Crippen LogP contribution in [0, 0.1) is 5.92 Å². The minimum atomic E-state index is 0.121. The molecule has 1 atom stereocenters. The van der Waals surface area contributed by atoms with Gasteiger partial charge in [0.2, 0.25) is 5.91 Å². The van der Waals surface area contributed by atoms with E-state index in [1.165, 1.54) is 11.1 Å². The molecular formula is C19H27NO. The summed E-state index contributed by atoms with van der Waals surface area (Å²) in [4.78, 5) is 12.6. The molecule has 0 spiro atoms. The van der Waals surface area contributed by atoms with Crippen LogP contribution < -0.4 is 5.32 Å². The van der Waals surface area contributed by atoms with Crippen molar-refractivity contribution in [3.05, 3.63) is 41.5 Å². The number of rotatable bonds is 4. The van der Waals surface area contributed by atoms with E-state index in [4.69, 9.17) is 0 Å². The molecule has 0 heterocycles. The van der Waals surface area contributed by atoms with Gasteiger partial charge >= 0.3 is 0 Å². The molecule has 1 unspecified atom stereocenters. The first-order valence-electron chi connectivity index (χ1n) is 8.09. The predicted molar refractivity (Wildman–Crippen MR) is 89.7 cm³/mol. The van der Waals surface area contributed by atoms with Gasteiger partial charge in [-0.3, -0.25) is 4.79 Å². The fourth-order valence-electron chi connectivity index (χ4n) is 2.95. The van der Waals surface area contributed by atoms with Crippen molar-refractivity contribution < 1.29 is 4.79 Å². The first kappa shape index (κ1) is 15.8. The summed E-state index contributed by atoms with van der Waals surface area (Å²) < 4.78 is 0. The van der Waals surface area contributed by atoms with E-state index in [1.54, 1.807) is 0 Å². The average molecular weight is 285 g/mol. The molecule has 0 saturated heterocycles. The Morgan fingerprint density at radius 3 is 2.19 bits per heavy atom. The van der Waals surface area contributed by atoms with Gasteiger partial charge in [0.25, 0.3) is 0 Å². The molecule has 0 aliphatic heterocycles. The van der Waals surface area contributed by atoms with E-state index in [1.807, 2.05) is 0 Å². The third-order valence-electron chi connectivity index (χ3n) is 4.26. The summed E-state index contributed by atoms with van der Waals surface area (Å²) in [5.41, 5.74) is 3.52. The molecule has 0 aromatic heterocycles. The quantitative estimate of drug-likeness (QED) is 0.754. The lowest BCUT2D eigenvalue weighted by molar-refractivity contribution is -0.120. The van der Waals surface area contributed by atoms with Crippen LogP contribution in [0.3, 0.4) is 0 Å². The van der Waals surface area contributed by atoms with E-state index >= 15 is 0 Å². The molecule has 114 valence electrons. The fourth-order valence-corrected chi connectivity index (χ4v) is 2.95. The Bertz CT molecular complexity index is 502. The van der Waals surface area contributed by atoms with Crippen molar-refractivity contribution in [2.24, 2.45) is 5.92 Å². The highest BCUT2D eigenvalue weighted by Gasteiger charge is 2.22. The largest absolute Gasteiger partial charge is 0.325 e. The summed E-state index contributed by atoms with van der Waals surface area (Å²) in [6.07, 6.45) is 7.15. The second-order valence-corrected chi connectivity index (χ2v) is 6.59. The number of nitrogens with one attached hydrogen (secondary N) is 1. The summed E-state index contributed by atoms with van der Waals surface area (Å²) in [6, 6.07) is 6.36. The summed E-state index contributed by atoms with van der Waals surface area (Å²) in [5, 5.41) is 3.24. The summed E-state index contributed by atoms with van der Waals surface area (Å²) in [5.74, 6) is 1.11. The van der Waals surface area contributed by atoms with Crippen molar-refractivity contribution >= 4 is 11.6 Å². The Balaban J connectivity index is 2.28. The highest BCUT2D eigenvalue weighted by Crippen LogP contribution is 2.33. The first-order valence-corrected chi connectivity index (χ1v) is 8.09. The van der Waals surface area contributed by atoms with Gasteiger partial charge in [-0.15, -0.1) is 0 Å². The number of para-hydroxylation sites is 1. The van der Waals surface area contributed by atoms with Crippen LogP contribution in [0.25, 0.3) is 0 Å². The number of hydrogen-bond donors (Lipinski definition) is 1. The van der Waals surface area contributed by atoms with Gasteiger partial charge in [0.1, 0.15) is 0 Å². The Labute approximate surface area is 128 Å². The van der Waals surface area contributed by atoms with Crippen molar-refractivity contribution in [2.45, 2.75) is 58.8 Å². The predicted octanol–water partition coefficient (Wildman–Crippen LogP) is 5.23. The van der Waals surface area contributed by atoms with Gasteiger partial charge in [-0.1, -0.05) is 58.0 Å². The first-order chi connectivity index (χ1) is 10.0. The van der Waals surface area contributed by atoms with Crippen LogP contribution in [0.2, 0.25) is 0 Å². The highest BCUT2D eigenvalue weighted by atomic mass is 16.1.